The second-order valence-electron chi connectivity index (χ2n) is 6.01. The topological polar surface area (TPSA) is 89.3 Å². The molecule has 1 aliphatic carbocycles. The van der Waals surface area contributed by atoms with Gasteiger partial charge in [-0.25, -0.2) is 4.79 Å². The molecular weight excluding hydrogens is 305 g/mol. The number of rotatable bonds is 3. The van der Waals surface area contributed by atoms with E-state index in [0.717, 1.165) is 6.42 Å². The van der Waals surface area contributed by atoms with E-state index < -0.39 is 29.2 Å². The molecule has 2 heterocycles. The molecular formula is C12H15F3N4O3. The first-order valence-electron chi connectivity index (χ1n) is 6.74. The minimum absolute atomic E-state index is 0.272. The van der Waals surface area contributed by atoms with Gasteiger partial charge in [-0.3, -0.25) is 0 Å². The summed E-state index contributed by atoms with van der Waals surface area (Å²) in [5.74, 6) is -1.40. The van der Waals surface area contributed by atoms with Crippen molar-refractivity contribution in [2.45, 2.75) is 44.1 Å². The third kappa shape index (κ3) is 2.40. The zero-order valence-corrected chi connectivity index (χ0v) is 12.0. The highest BCUT2D eigenvalue weighted by atomic mass is 19.4. The molecule has 2 unspecified atom stereocenters. The molecule has 0 bridgehead atoms. The van der Waals surface area contributed by atoms with E-state index >= 15 is 0 Å². The van der Waals surface area contributed by atoms with Crippen LogP contribution in [0.15, 0.2) is 4.52 Å². The van der Waals surface area contributed by atoms with E-state index in [9.17, 15) is 18.0 Å². The highest BCUT2D eigenvalue weighted by Crippen LogP contribution is 2.57. The van der Waals surface area contributed by atoms with E-state index in [0.29, 0.717) is 6.61 Å². The number of urea groups is 1. The van der Waals surface area contributed by atoms with Gasteiger partial charge in [-0.1, -0.05) is 5.16 Å². The van der Waals surface area contributed by atoms with Gasteiger partial charge in [-0.05, 0) is 20.3 Å². The van der Waals surface area contributed by atoms with Crippen LogP contribution in [0.3, 0.4) is 0 Å². The molecule has 2 atom stereocenters. The zero-order chi connectivity index (χ0) is 16.2. The average Bonchev–Trinajstić information content (AvgIpc) is 2.78. The number of nitrogens with one attached hydrogen (secondary N) is 2. The van der Waals surface area contributed by atoms with Gasteiger partial charge < -0.3 is 19.9 Å². The van der Waals surface area contributed by atoms with Gasteiger partial charge in [0.05, 0.1) is 24.3 Å². The van der Waals surface area contributed by atoms with E-state index in [-0.39, 0.29) is 18.4 Å². The normalized spacial score (nSPS) is 29.0. The number of nitrogens with zero attached hydrogens (tertiary/aromatic N) is 2. The number of fused-ring (bicyclic) bond motifs is 1. The molecule has 1 saturated carbocycles. The van der Waals surface area contributed by atoms with Crippen molar-refractivity contribution in [1.82, 2.24) is 20.8 Å². The highest BCUT2D eigenvalue weighted by molar-refractivity contribution is 5.75. The van der Waals surface area contributed by atoms with E-state index in [1.54, 1.807) is 0 Å². The van der Waals surface area contributed by atoms with Gasteiger partial charge in [-0.15, -0.1) is 0 Å². The summed E-state index contributed by atoms with van der Waals surface area (Å²) in [7, 11) is 0. The van der Waals surface area contributed by atoms with Gasteiger partial charge in [0.1, 0.15) is 0 Å². The van der Waals surface area contributed by atoms with Gasteiger partial charge >= 0.3 is 12.2 Å². The first-order valence-corrected chi connectivity index (χ1v) is 6.74. The number of carbonyl (C=O) groups excluding carboxylic acids is 1. The second-order valence-corrected chi connectivity index (χ2v) is 6.01. The highest BCUT2D eigenvalue weighted by Gasteiger charge is 2.69. The summed E-state index contributed by atoms with van der Waals surface area (Å²) in [6.45, 7) is 4.10. The molecule has 1 saturated heterocycles. The van der Waals surface area contributed by atoms with Gasteiger partial charge in [0, 0.05) is 5.92 Å². The van der Waals surface area contributed by atoms with Crippen LogP contribution in [-0.2, 0) is 17.5 Å². The fourth-order valence-electron chi connectivity index (χ4n) is 2.85. The van der Waals surface area contributed by atoms with Crippen molar-refractivity contribution in [1.29, 1.82) is 0 Å². The van der Waals surface area contributed by atoms with Crippen LogP contribution in [0, 0.1) is 5.92 Å². The molecule has 7 nitrogen and oxygen atoms in total. The maximum absolute atomic E-state index is 12.3. The first kappa shape index (κ1) is 15.1. The van der Waals surface area contributed by atoms with Crippen LogP contribution >= 0.6 is 0 Å². The monoisotopic (exact) mass is 320 g/mol. The van der Waals surface area contributed by atoms with Crippen LogP contribution in [0.1, 0.15) is 32.0 Å². The summed E-state index contributed by atoms with van der Waals surface area (Å²) in [5.41, 5.74) is -0.883. The molecule has 2 aliphatic rings. The number of ether oxygens (including phenoxy) is 1. The Bertz CT molecular complexity index is 601. The third-order valence-electron chi connectivity index (χ3n) is 4.28. The van der Waals surface area contributed by atoms with Crippen molar-refractivity contribution in [2.75, 3.05) is 6.61 Å². The Morgan fingerprint density at radius 2 is 2.18 bits per heavy atom. The molecule has 22 heavy (non-hydrogen) atoms. The lowest BCUT2D eigenvalue weighted by Crippen LogP contribution is -2.53. The summed E-state index contributed by atoms with van der Waals surface area (Å²) in [6.07, 6.45) is -3.85. The predicted molar refractivity (Wildman–Crippen MR) is 65.5 cm³/mol. The SMILES string of the molecule is CC1(C)OCC2CC21NC(=O)NCc1nc(C(F)(F)F)no1. The zero-order valence-electron chi connectivity index (χ0n) is 12.0. The Hall–Kier alpha value is -1.84. The largest absolute Gasteiger partial charge is 0.455 e. The number of aromatic nitrogens is 2. The summed E-state index contributed by atoms with van der Waals surface area (Å²) in [6, 6.07) is -0.507. The Balaban J connectivity index is 1.54. The second kappa shape index (κ2) is 4.58. The third-order valence-corrected chi connectivity index (χ3v) is 4.28. The van der Waals surface area contributed by atoms with E-state index in [1.807, 2.05) is 13.8 Å². The number of alkyl halides is 3. The molecule has 0 spiro atoms. The van der Waals surface area contributed by atoms with Gasteiger partial charge in [0.2, 0.25) is 5.89 Å². The number of hydrogen-bond acceptors (Lipinski definition) is 5. The molecule has 122 valence electrons. The minimum atomic E-state index is -4.67. The Kier molecular flexibility index (Phi) is 3.13. The van der Waals surface area contributed by atoms with Crippen molar-refractivity contribution in [3.8, 4) is 0 Å². The standard InChI is InChI=1S/C12H15F3N4O3/c1-10(2)11(3-6(11)5-21-10)18-9(20)16-4-7-17-8(19-22-7)12(13,14)15/h6H,3-5H2,1-2H3,(H2,16,18,20). The van der Waals surface area contributed by atoms with Crippen molar-refractivity contribution >= 4 is 6.03 Å². The molecule has 1 aliphatic heterocycles. The van der Waals surface area contributed by atoms with E-state index in [2.05, 4.69) is 25.3 Å². The summed E-state index contributed by atoms with van der Waals surface area (Å²) < 4.78 is 47.0. The fourth-order valence-corrected chi connectivity index (χ4v) is 2.85. The number of halogens is 3. The smallest absolute Gasteiger partial charge is 0.373 e. The molecule has 1 aromatic rings. The first-order chi connectivity index (χ1) is 10.1. The molecule has 2 fully saturated rings. The minimum Gasteiger partial charge on any atom is -0.373 e. The molecule has 2 amide bonds. The van der Waals surface area contributed by atoms with E-state index in [4.69, 9.17) is 4.74 Å². The predicted octanol–water partition coefficient (Wildman–Crippen LogP) is 1.46. The van der Waals surface area contributed by atoms with Gasteiger partial charge in [0.25, 0.3) is 5.82 Å². The van der Waals surface area contributed by atoms with Crippen LogP contribution in [0.25, 0.3) is 0 Å². The quantitative estimate of drug-likeness (QED) is 0.880. The van der Waals surface area contributed by atoms with Gasteiger partial charge in [0.15, 0.2) is 0 Å². The maximum atomic E-state index is 12.3. The molecule has 10 heteroatoms. The summed E-state index contributed by atoms with van der Waals surface area (Å²) in [5, 5.41) is 8.06. The Morgan fingerprint density at radius 3 is 2.68 bits per heavy atom. The Labute approximate surface area is 123 Å². The van der Waals surface area contributed by atoms with Crippen molar-refractivity contribution in [2.24, 2.45) is 5.92 Å². The van der Waals surface area contributed by atoms with Crippen LogP contribution in [-0.4, -0.2) is 33.9 Å². The van der Waals surface area contributed by atoms with Crippen LogP contribution < -0.4 is 10.6 Å². The number of carbonyl (C=O) groups is 1. The molecule has 3 rings (SSSR count). The number of amides is 2. The lowest BCUT2D eigenvalue weighted by atomic mass is 9.96. The Morgan fingerprint density at radius 1 is 1.45 bits per heavy atom. The fraction of sp³-hybridized carbons (Fsp3) is 0.750. The van der Waals surface area contributed by atoms with Crippen molar-refractivity contribution < 1.29 is 27.2 Å². The van der Waals surface area contributed by atoms with E-state index in [1.165, 1.54) is 0 Å². The van der Waals surface area contributed by atoms with Crippen molar-refractivity contribution in [3.05, 3.63) is 11.7 Å². The molecule has 2 N–H and O–H groups in total. The molecule has 0 radical (unpaired) electrons. The summed E-state index contributed by atoms with van der Waals surface area (Å²) in [4.78, 5) is 15.1. The average molecular weight is 320 g/mol. The lowest BCUT2D eigenvalue weighted by molar-refractivity contribution is -0.146. The number of hydrogen-bond donors (Lipinski definition) is 2. The van der Waals surface area contributed by atoms with Crippen molar-refractivity contribution in [3.63, 3.8) is 0 Å². The van der Waals surface area contributed by atoms with Crippen LogP contribution in [0.2, 0.25) is 0 Å². The van der Waals surface area contributed by atoms with Gasteiger partial charge in [-0.2, -0.15) is 18.2 Å². The van der Waals surface area contributed by atoms with Crippen LogP contribution in [0.4, 0.5) is 18.0 Å². The van der Waals surface area contributed by atoms with Crippen LogP contribution in [0.5, 0.6) is 0 Å². The summed E-state index contributed by atoms with van der Waals surface area (Å²) >= 11 is 0. The molecule has 1 aromatic heterocycles. The lowest BCUT2D eigenvalue weighted by Gasteiger charge is -2.30. The maximum Gasteiger partial charge on any atom is 0.455 e. The molecule has 0 aromatic carbocycles.